The van der Waals surface area contributed by atoms with Crippen LogP contribution in [0.3, 0.4) is 0 Å². The summed E-state index contributed by atoms with van der Waals surface area (Å²) in [5, 5.41) is 2.86. The summed E-state index contributed by atoms with van der Waals surface area (Å²) < 4.78 is 37.4. The van der Waals surface area contributed by atoms with Crippen LogP contribution in [0.2, 0.25) is 0 Å². The molecule has 2 aliphatic carbocycles. The maximum absolute atomic E-state index is 12.5. The zero-order valence-electron chi connectivity index (χ0n) is 10.2. The minimum atomic E-state index is -4.09. The average Bonchev–Trinajstić information content (AvgIpc) is 3.09. The van der Waals surface area contributed by atoms with Crippen LogP contribution < -0.4 is 11.1 Å². The molecule has 2 aliphatic rings. The van der Waals surface area contributed by atoms with Crippen molar-refractivity contribution in [2.75, 3.05) is 6.54 Å². The molecule has 1 amide bonds. The lowest BCUT2D eigenvalue weighted by Gasteiger charge is -2.31. The van der Waals surface area contributed by atoms with Crippen LogP contribution in [0.4, 0.5) is 13.2 Å². The van der Waals surface area contributed by atoms with Crippen molar-refractivity contribution in [1.29, 1.82) is 0 Å². The standard InChI is InChI=1S/C12H19F3N2O/c13-12(14,15)8-1-3-9(4-2-8)17-10(18)11(7-16)5-6-11/h8-9H,1-7,16H2,(H,17,18). The molecule has 0 aromatic carbocycles. The third kappa shape index (κ3) is 2.79. The Morgan fingerprint density at radius 3 is 2.17 bits per heavy atom. The Bertz CT molecular complexity index is 318. The molecule has 0 aromatic heterocycles. The lowest BCUT2D eigenvalue weighted by atomic mass is 9.85. The van der Waals surface area contributed by atoms with E-state index in [9.17, 15) is 18.0 Å². The Labute approximate surface area is 104 Å². The predicted molar refractivity (Wildman–Crippen MR) is 60.7 cm³/mol. The quantitative estimate of drug-likeness (QED) is 0.818. The lowest BCUT2D eigenvalue weighted by Crippen LogP contribution is -2.45. The molecule has 0 unspecified atom stereocenters. The van der Waals surface area contributed by atoms with E-state index in [1.165, 1.54) is 0 Å². The van der Waals surface area contributed by atoms with E-state index in [2.05, 4.69) is 5.32 Å². The van der Waals surface area contributed by atoms with Crippen molar-refractivity contribution in [2.45, 2.75) is 50.7 Å². The van der Waals surface area contributed by atoms with Gasteiger partial charge in [0.1, 0.15) is 0 Å². The van der Waals surface area contributed by atoms with E-state index in [1.54, 1.807) is 0 Å². The molecule has 0 spiro atoms. The summed E-state index contributed by atoms with van der Waals surface area (Å²) >= 11 is 0. The predicted octanol–water partition coefficient (Wildman–Crippen LogP) is 1.96. The van der Waals surface area contributed by atoms with Gasteiger partial charge in [0, 0.05) is 12.6 Å². The molecular formula is C12H19F3N2O. The number of hydrogen-bond donors (Lipinski definition) is 2. The molecule has 18 heavy (non-hydrogen) atoms. The highest BCUT2D eigenvalue weighted by molar-refractivity contribution is 5.85. The second-order valence-electron chi connectivity index (χ2n) is 5.55. The molecule has 0 heterocycles. The normalized spacial score (nSPS) is 30.9. The van der Waals surface area contributed by atoms with Gasteiger partial charge >= 0.3 is 6.18 Å². The maximum Gasteiger partial charge on any atom is 0.391 e. The first-order valence-electron chi connectivity index (χ1n) is 6.45. The van der Waals surface area contributed by atoms with Crippen molar-refractivity contribution >= 4 is 5.91 Å². The Morgan fingerprint density at radius 1 is 1.22 bits per heavy atom. The fourth-order valence-corrected chi connectivity index (χ4v) is 2.58. The Morgan fingerprint density at radius 2 is 1.78 bits per heavy atom. The van der Waals surface area contributed by atoms with Crippen molar-refractivity contribution in [1.82, 2.24) is 5.32 Å². The van der Waals surface area contributed by atoms with Crippen LogP contribution in [-0.2, 0) is 4.79 Å². The van der Waals surface area contributed by atoms with Gasteiger partial charge in [-0.25, -0.2) is 0 Å². The van der Waals surface area contributed by atoms with Crippen molar-refractivity contribution in [3.8, 4) is 0 Å². The summed E-state index contributed by atoms with van der Waals surface area (Å²) in [5.74, 6) is -1.27. The molecule has 2 rings (SSSR count). The Balaban J connectivity index is 1.79. The van der Waals surface area contributed by atoms with Crippen LogP contribution in [0.5, 0.6) is 0 Å². The van der Waals surface area contributed by atoms with Crippen LogP contribution in [-0.4, -0.2) is 24.7 Å². The number of nitrogens with one attached hydrogen (secondary N) is 1. The minimum absolute atomic E-state index is 0.0690. The zero-order valence-corrected chi connectivity index (χ0v) is 10.2. The van der Waals surface area contributed by atoms with Gasteiger partial charge in [-0.2, -0.15) is 13.2 Å². The zero-order chi connectivity index (χ0) is 13.4. The van der Waals surface area contributed by atoms with Gasteiger partial charge in [0.25, 0.3) is 0 Å². The van der Waals surface area contributed by atoms with E-state index in [0.29, 0.717) is 19.4 Å². The molecule has 0 bridgehead atoms. The molecule has 3 N–H and O–H groups in total. The second kappa shape index (κ2) is 4.72. The topological polar surface area (TPSA) is 55.1 Å². The second-order valence-corrected chi connectivity index (χ2v) is 5.55. The minimum Gasteiger partial charge on any atom is -0.353 e. The van der Waals surface area contributed by atoms with Crippen LogP contribution in [0.15, 0.2) is 0 Å². The maximum atomic E-state index is 12.5. The van der Waals surface area contributed by atoms with Crippen molar-refractivity contribution < 1.29 is 18.0 Å². The number of carbonyl (C=O) groups is 1. The van der Waals surface area contributed by atoms with Crippen LogP contribution in [0, 0.1) is 11.3 Å². The van der Waals surface area contributed by atoms with Crippen LogP contribution in [0.1, 0.15) is 38.5 Å². The van der Waals surface area contributed by atoms with E-state index in [-0.39, 0.29) is 24.8 Å². The Hall–Kier alpha value is -0.780. The monoisotopic (exact) mass is 264 g/mol. The molecule has 3 nitrogen and oxygen atoms in total. The molecule has 0 saturated heterocycles. The first kappa shape index (κ1) is 13.6. The number of rotatable bonds is 3. The highest BCUT2D eigenvalue weighted by atomic mass is 19.4. The number of amides is 1. The highest BCUT2D eigenvalue weighted by Crippen LogP contribution is 2.45. The lowest BCUT2D eigenvalue weighted by molar-refractivity contribution is -0.182. The molecular weight excluding hydrogens is 245 g/mol. The van der Waals surface area contributed by atoms with Crippen molar-refractivity contribution in [2.24, 2.45) is 17.1 Å². The first-order valence-corrected chi connectivity index (χ1v) is 6.45. The van der Waals surface area contributed by atoms with Gasteiger partial charge in [0.2, 0.25) is 5.91 Å². The molecule has 2 fully saturated rings. The van der Waals surface area contributed by atoms with Crippen molar-refractivity contribution in [3.05, 3.63) is 0 Å². The number of halogens is 3. The van der Waals surface area contributed by atoms with Gasteiger partial charge < -0.3 is 11.1 Å². The number of nitrogens with two attached hydrogens (primary N) is 1. The largest absolute Gasteiger partial charge is 0.391 e. The van der Waals surface area contributed by atoms with E-state index >= 15 is 0 Å². The molecule has 0 aromatic rings. The third-order valence-corrected chi connectivity index (χ3v) is 4.25. The van der Waals surface area contributed by atoms with Crippen LogP contribution in [0.25, 0.3) is 0 Å². The molecule has 0 atom stereocenters. The van der Waals surface area contributed by atoms with E-state index in [0.717, 1.165) is 12.8 Å². The number of hydrogen-bond acceptors (Lipinski definition) is 2. The fraction of sp³-hybridized carbons (Fsp3) is 0.917. The van der Waals surface area contributed by atoms with Gasteiger partial charge in [-0.05, 0) is 38.5 Å². The summed E-state index contributed by atoms with van der Waals surface area (Å²) in [4.78, 5) is 11.9. The molecule has 6 heteroatoms. The molecule has 0 radical (unpaired) electrons. The molecule has 2 saturated carbocycles. The van der Waals surface area contributed by atoms with E-state index in [1.807, 2.05) is 0 Å². The summed E-state index contributed by atoms with van der Waals surface area (Å²) in [6, 6.07) is -0.111. The highest BCUT2D eigenvalue weighted by Gasteiger charge is 2.49. The van der Waals surface area contributed by atoms with Gasteiger partial charge in [-0.3, -0.25) is 4.79 Å². The fourth-order valence-electron chi connectivity index (χ4n) is 2.58. The Kier molecular flexibility index (Phi) is 3.58. The van der Waals surface area contributed by atoms with Crippen molar-refractivity contribution in [3.63, 3.8) is 0 Å². The SMILES string of the molecule is NCC1(C(=O)NC2CCC(C(F)(F)F)CC2)CC1. The molecule has 0 aliphatic heterocycles. The summed E-state index contributed by atoms with van der Waals surface area (Å²) in [6.45, 7) is 0.330. The average molecular weight is 264 g/mol. The first-order chi connectivity index (χ1) is 8.37. The van der Waals surface area contributed by atoms with Gasteiger partial charge in [-0.15, -0.1) is 0 Å². The summed E-state index contributed by atoms with van der Waals surface area (Å²) in [6.07, 6.45) is -1.44. The van der Waals surface area contributed by atoms with E-state index in [4.69, 9.17) is 5.73 Å². The van der Waals surface area contributed by atoms with Gasteiger partial charge in [0.15, 0.2) is 0 Å². The summed E-state index contributed by atoms with van der Waals surface area (Å²) in [5.41, 5.74) is 5.13. The third-order valence-electron chi connectivity index (χ3n) is 4.25. The summed E-state index contributed by atoms with van der Waals surface area (Å²) in [7, 11) is 0. The van der Waals surface area contributed by atoms with Gasteiger partial charge in [-0.1, -0.05) is 0 Å². The van der Waals surface area contributed by atoms with E-state index < -0.39 is 17.5 Å². The van der Waals surface area contributed by atoms with Crippen LogP contribution >= 0.6 is 0 Å². The molecule has 104 valence electrons. The number of carbonyl (C=O) groups excluding carboxylic acids is 1. The van der Waals surface area contributed by atoms with Gasteiger partial charge in [0.05, 0.1) is 11.3 Å². The number of alkyl halides is 3. The smallest absolute Gasteiger partial charge is 0.353 e.